The Kier molecular flexibility index (Phi) is 4.51. The lowest BCUT2D eigenvalue weighted by Gasteiger charge is -2.11. The maximum Gasteiger partial charge on any atom is 0.187 e. The molecule has 0 spiro atoms. The molecule has 0 aliphatic heterocycles. The van der Waals surface area contributed by atoms with Gasteiger partial charge in [0.15, 0.2) is 5.78 Å². The van der Waals surface area contributed by atoms with Gasteiger partial charge in [0, 0.05) is 23.9 Å². The predicted molar refractivity (Wildman–Crippen MR) is 77.9 cm³/mol. The van der Waals surface area contributed by atoms with E-state index in [2.05, 4.69) is 24.4 Å². The maximum atomic E-state index is 11.8. The molecule has 0 amide bonds. The summed E-state index contributed by atoms with van der Waals surface area (Å²) in [6.07, 6.45) is 3.28. The molecular weight excluding hydrogens is 234 g/mol. The van der Waals surface area contributed by atoms with Gasteiger partial charge in [-0.05, 0) is 12.5 Å². The molecule has 0 aliphatic carbocycles. The Morgan fingerprint density at radius 1 is 1.00 bits per heavy atom. The number of hydrogen-bond acceptors (Lipinski definition) is 2. The monoisotopic (exact) mass is 251 g/mol. The van der Waals surface area contributed by atoms with E-state index in [0.29, 0.717) is 5.56 Å². The minimum absolute atomic E-state index is 0.00774. The summed E-state index contributed by atoms with van der Waals surface area (Å²) in [7, 11) is 0. The van der Waals surface area contributed by atoms with Gasteiger partial charge in [-0.25, -0.2) is 0 Å². The first-order valence-corrected chi connectivity index (χ1v) is 6.34. The fourth-order valence-electron chi connectivity index (χ4n) is 1.80. The standard InChI is InChI=1S/C17H17NO/c1-14(15-8-4-2-5-9-15)18-13-12-17(19)16-10-6-3-7-11-16/h2-14,18H,1H3/b13-12+/t14-/m1/s1. The molecule has 1 N–H and O–H groups in total. The van der Waals surface area contributed by atoms with Crippen LogP contribution in [-0.2, 0) is 0 Å². The van der Waals surface area contributed by atoms with Gasteiger partial charge in [0.2, 0.25) is 0 Å². The average molecular weight is 251 g/mol. The molecule has 0 aliphatic rings. The van der Waals surface area contributed by atoms with Crippen LogP contribution in [-0.4, -0.2) is 5.78 Å². The third kappa shape index (κ3) is 3.81. The largest absolute Gasteiger partial charge is 0.384 e. The minimum Gasteiger partial charge on any atom is -0.384 e. The first kappa shape index (κ1) is 13.1. The molecular formula is C17H17NO. The highest BCUT2D eigenvalue weighted by Gasteiger charge is 2.02. The van der Waals surface area contributed by atoms with Crippen molar-refractivity contribution < 1.29 is 4.79 Å². The Bertz CT molecular complexity index is 546. The van der Waals surface area contributed by atoms with E-state index in [1.54, 1.807) is 12.3 Å². The number of benzene rings is 2. The molecule has 2 heteroatoms. The number of allylic oxidation sites excluding steroid dienone is 1. The number of ketones is 1. The van der Waals surface area contributed by atoms with Gasteiger partial charge in [0.05, 0.1) is 0 Å². The van der Waals surface area contributed by atoms with Crippen molar-refractivity contribution in [1.82, 2.24) is 5.32 Å². The fourth-order valence-corrected chi connectivity index (χ4v) is 1.80. The van der Waals surface area contributed by atoms with E-state index in [-0.39, 0.29) is 11.8 Å². The summed E-state index contributed by atoms with van der Waals surface area (Å²) in [6.45, 7) is 2.06. The molecule has 0 aromatic heterocycles. The van der Waals surface area contributed by atoms with Crippen LogP contribution >= 0.6 is 0 Å². The highest BCUT2D eigenvalue weighted by molar-refractivity contribution is 6.04. The van der Waals surface area contributed by atoms with Gasteiger partial charge in [-0.1, -0.05) is 60.7 Å². The normalized spacial score (nSPS) is 12.3. The first-order chi connectivity index (χ1) is 9.27. The molecule has 0 fully saturated rings. The molecule has 0 unspecified atom stereocenters. The molecule has 0 saturated carbocycles. The minimum atomic E-state index is 0.00774. The van der Waals surface area contributed by atoms with Crippen molar-refractivity contribution in [2.24, 2.45) is 0 Å². The van der Waals surface area contributed by atoms with E-state index >= 15 is 0 Å². The van der Waals surface area contributed by atoms with Crippen molar-refractivity contribution in [3.8, 4) is 0 Å². The molecule has 0 bridgehead atoms. The van der Waals surface area contributed by atoms with Crippen LogP contribution in [0.2, 0.25) is 0 Å². The van der Waals surface area contributed by atoms with E-state index in [9.17, 15) is 4.79 Å². The number of carbonyl (C=O) groups is 1. The zero-order chi connectivity index (χ0) is 13.5. The van der Waals surface area contributed by atoms with Crippen molar-refractivity contribution in [2.75, 3.05) is 0 Å². The first-order valence-electron chi connectivity index (χ1n) is 6.34. The summed E-state index contributed by atoms with van der Waals surface area (Å²) in [5.41, 5.74) is 1.90. The molecule has 2 aromatic rings. The molecule has 1 atom stereocenters. The highest BCUT2D eigenvalue weighted by Crippen LogP contribution is 2.10. The molecule has 96 valence electrons. The van der Waals surface area contributed by atoms with Gasteiger partial charge in [-0.3, -0.25) is 4.79 Å². The molecule has 2 nitrogen and oxygen atoms in total. The summed E-state index contributed by atoms with van der Waals surface area (Å²) in [5, 5.41) is 3.20. The van der Waals surface area contributed by atoms with Gasteiger partial charge in [0.1, 0.15) is 0 Å². The van der Waals surface area contributed by atoms with E-state index in [4.69, 9.17) is 0 Å². The second-order valence-corrected chi connectivity index (χ2v) is 4.36. The van der Waals surface area contributed by atoms with Crippen LogP contribution in [0.1, 0.15) is 28.9 Å². The van der Waals surface area contributed by atoms with Crippen molar-refractivity contribution in [3.05, 3.63) is 84.1 Å². The topological polar surface area (TPSA) is 29.1 Å². The zero-order valence-electron chi connectivity index (χ0n) is 10.9. The fraction of sp³-hybridized carbons (Fsp3) is 0.118. The second kappa shape index (κ2) is 6.55. The second-order valence-electron chi connectivity index (χ2n) is 4.36. The van der Waals surface area contributed by atoms with Crippen LogP contribution in [0.4, 0.5) is 0 Å². The van der Waals surface area contributed by atoms with Crippen LogP contribution in [0.5, 0.6) is 0 Å². The number of nitrogens with one attached hydrogen (secondary N) is 1. The maximum absolute atomic E-state index is 11.8. The smallest absolute Gasteiger partial charge is 0.187 e. The number of rotatable bonds is 5. The van der Waals surface area contributed by atoms with Crippen LogP contribution in [0.25, 0.3) is 0 Å². The number of hydrogen-bond donors (Lipinski definition) is 1. The van der Waals surface area contributed by atoms with E-state index < -0.39 is 0 Å². The lowest BCUT2D eigenvalue weighted by Crippen LogP contribution is -2.12. The highest BCUT2D eigenvalue weighted by atomic mass is 16.1. The summed E-state index contributed by atoms with van der Waals surface area (Å²) in [5.74, 6) is 0.00774. The van der Waals surface area contributed by atoms with Gasteiger partial charge < -0.3 is 5.32 Å². The van der Waals surface area contributed by atoms with Gasteiger partial charge in [0.25, 0.3) is 0 Å². The Morgan fingerprint density at radius 2 is 1.58 bits per heavy atom. The van der Waals surface area contributed by atoms with Crippen LogP contribution in [0.3, 0.4) is 0 Å². The van der Waals surface area contributed by atoms with Gasteiger partial charge in [-0.15, -0.1) is 0 Å². The molecule has 0 radical (unpaired) electrons. The summed E-state index contributed by atoms with van der Waals surface area (Å²) >= 11 is 0. The Balaban J connectivity index is 1.92. The SMILES string of the molecule is C[C@@H](N/C=C/C(=O)c1ccccc1)c1ccccc1. The third-order valence-corrected chi connectivity index (χ3v) is 2.94. The summed E-state index contributed by atoms with van der Waals surface area (Å²) < 4.78 is 0. The van der Waals surface area contributed by atoms with Crippen LogP contribution in [0.15, 0.2) is 72.9 Å². The Labute approximate surface area is 113 Å². The zero-order valence-corrected chi connectivity index (χ0v) is 10.9. The van der Waals surface area contributed by atoms with E-state index in [1.807, 2.05) is 48.5 Å². The molecule has 2 rings (SSSR count). The van der Waals surface area contributed by atoms with Crippen molar-refractivity contribution in [1.29, 1.82) is 0 Å². The molecule has 2 aromatic carbocycles. The van der Waals surface area contributed by atoms with E-state index in [1.165, 1.54) is 5.56 Å². The average Bonchev–Trinajstić information content (AvgIpc) is 2.49. The van der Waals surface area contributed by atoms with Crippen LogP contribution in [0, 0.1) is 0 Å². The summed E-state index contributed by atoms with van der Waals surface area (Å²) in [4.78, 5) is 11.8. The Morgan fingerprint density at radius 3 is 2.21 bits per heavy atom. The summed E-state index contributed by atoms with van der Waals surface area (Å²) in [6, 6.07) is 19.6. The molecule has 0 heterocycles. The quantitative estimate of drug-likeness (QED) is 0.648. The molecule has 0 saturated heterocycles. The predicted octanol–water partition coefficient (Wildman–Crippen LogP) is 3.73. The van der Waals surface area contributed by atoms with Crippen molar-refractivity contribution in [3.63, 3.8) is 0 Å². The van der Waals surface area contributed by atoms with Crippen molar-refractivity contribution >= 4 is 5.78 Å². The van der Waals surface area contributed by atoms with Gasteiger partial charge >= 0.3 is 0 Å². The lowest BCUT2D eigenvalue weighted by atomic mass is 10.1. The van der Waals surface area contributed by atoms with Crippen LogP contribution < -0.4 is 5.32 Å². The number of carbonyl (C=O) groups excluding carboxylic acids is 1. The van der Waals surface area contributed by atoms with Gasteiger partial charge in [-0.2, -0.15) is 0 Å². The third-order valence-electron chi connectivity index (χ3n) is 2.94. The van der Waals surface area contributed by atoms with Crippen molar-refractivity contribution in [2.45, 2.75) is 13.0 Å². The Hall–Kier alpha value is -2.35. The lowest BCUT2D eigenvalue weighted by molar-refractivity contribution is 0.104. The van der Waals surface area contributed by atoms with E-state index in [0.717, 1.165) is 0 Å². The molecule has 19 heavy (non-hydrogen) atoms.